The first-order valence-corrected chi connectivity index (χ1v) is 6.98. The quantitative estimate of drug-likeness (QED) is 0.297. The van der Waals surface area contributed by atoms with Crippen LogP contribution in [-0.4, -0.2) is 30.3 Å². The lowest BCUT2D eigenvalue weighted by Crippen LogP contribution is -1.98. The summed E-state index contributed by atoms with van der Waals surface area (Å²) in [4.78, 5) is 22.0. The molecule has 3 aromatic heterocycles. The number of rotatable bonds is 6. The molecule has 0 bridgehead atoms. The Morgan fingerprint density at radius 2 is 2.17 bits per heavy atom. The van der Waals surface area contributed by atoms with Crippen LogP contribution in [0.4, 0.5) is 5.69 Å². The Labute approximate surface area is 136 Å². The van der Waals surface area contributed by atoms with E-state index in [1.807, 2.05) is 0 Å². The molecule has 0 spiro atoms. The molecule has 0 radical (unpaired) electrons. The zero-order chi connectivity index (χ0) is 17.1. The molecule has 0 aliphatic heterocycles. The first-order chi connectivity index (χ1) is 11.5. The molecule has 0 amide bonds. The molecular formula is C15H13N5O4. The van der Waals surface area contributed by atoms with Crippen LogP contribution in [0.25, 0.3) is 6.08 Å². The van der Waals surface area contributed by atoms with Gasteiger partial charge in [0.1, 0.15) is 23.9 Å². The average molecular weight is 327 g/mol. The predicted molar refractivity (Wildman–Crippen MR) is 83.3 cm³/mol. The molecule has 3 heterocycles. The van der Waals surface area contributed by atoms with E-state index in [9.17, 15) is 14.9 Å². The standard InChI is InChI=1S/C15H13N5O4/c1-18-8-11(6-16-18)15(21)5-4-13-2-3-14(24-13)10-19-9-12(7-17-19)20(22)23/h2-9H,10H2,1H3/b5-4+. The molecule has 0 saturated heterocycles. The topological polar surface area (TPSA) is 109 Å². The number of aromatic nitrogens is 4. The van der Waals surface area contributed by atoms with E-state index in [1.165, 1.54) is 29.3 Å². The fourth-order valence-electron chi connectivity index (χ4n) is 2.06. The van der Waals surface area contributed by atoms with Gasteiger partial charge in [0, 0.05) is 13.2 Å². The third-order valence-electron chi connectivity index (χ3n) is 3.22. The Kier molecular flexibility index (Phi) is 4.06. The van der Waals surface area contributed by atoms with Crippen molar-refractivity contribution in [3.05, 3.63) is 70.2 Å². The first kappa shape index (κ1) is 15.4. The van der Waals surface area contributed by atoms with Crippen molar-refractivity contribution in [2.45, 2.75) is 6.54 Å². The van der Waals surface area contributed by atoms with Gasteiger partial charge in [-0.25, -0.2) is 0 Å². The summed E-state index contributed by atoms with van der Waals surface area (Å²) >= 11 is 0. The normalized spacial score (nSPS) is 11.2. The van der Waals surface area contributed by atoms with Crippen LogP contribution < -0.4 is 0 Å². The van der Waals surface area contributed by atoms with Crippen LogP contribution in [0.5, 0.6) is 0 Å². The van der Waals surface area contributed by atoms with Crippen molar-refractivity contribution in [3.8, 4) is 0 Å². The molecule has 0 fully saturated rings. The highest BCUT2D eigenvalue weighted by atomic mass is 16.6. The summed E-state index contributed by atoms with van der Waals surface area (Å²) < 4.78 is 8.52. The number of allylic oxidation sites excluding steroid dienone is 1. The number of carbonyl (C=O) groups excluding carboxylic acids is 1. The summed E-state index contributed by atoms with van der Waals surface area (Å²) in [5.41, 5.74) is 0.410. The fourth-order valence-corrected chi connectivity index (χ4v) is 2.06. The molecule has 9 nitrogen and oxygen atoms in total. The van der Waals surface area contributed by atoms with Crippen molar-refractivity contribution in [2.24, 2.45) is 7.05 Å². The maximum absolute atomic E-state index is 11.9. The molecule has 24 heavy (non-hydrogen) atoms. The van der Waals surface area contributed by atoms with Crippen molar-refractivity contribution in [1.29, 1.82) is 0 Å². The van der Waals surface area contributed by atoms with Crippen LogP contribution in [0.1, 0.15) is 21.9 Å². The lowest BCUT2D eigenvalue weighted by molar-refractivity contribution is -0.385. The molecule has 0 aliphatic rings. The largest absolute Gasteiger partial charge is 0.460 e. The minimum absolute atomic E-state index is 0.0799. The highest BCUT2D eigenvalue weighted by Crippen LogP contribution is 2.14. The molecular weight excluding hydrogens is 314 g/mol. The van der Waals surface area contributed by atoms with Gasteiger partial charge in [-0.05, 0) is 24.3 Å². The van der Waals surface area contributed by atoms with Crippen LogP contribution in [0.3, 0.4) is 0 Å². The van der Waals surface area contributed by atoms with Crippen LogP contribution in [0, 0.1) is 10.1 Å². The van der Waals surface area contributed by atoms with Crippen molar-refractivity contribution in [1.82, 2.24) is 19.6 Å². The van der Waals surface area contributed by atoms with E-state index >= 15 is 0 Å². The van der Waals surface area contributed by atoms with Gasteiger partial charge in [0.2, 0.25) is 0 Å². The zero-order valence-electron chi connectivity index (χ0n) is 12.7. The summed E-state index contributed by atoms with van der Waals surface area (Å²) in [6.45, 7) is 0.262. The van der Waals surface area contributed by atoms with E-state index in [0.717, 1.165) is 0 Å². The number of nitro groups is 1. The number of furan rings is 1. The second-order valence-corrected chi connectivity index (χ2v) is 5.06. The molecule has 0 N–H and O–H groups in total. The number of ketones is 1. The van der Waals surface area contributed by atoms with E-state index in [-0.39, 0.29) is 18.0 Å². The summed E-state index contributed by atoms with van der Waals surface area (Å²) in [6, 6.07) is 3.43. The number of hydrogen-bond donors (Lipinski definition) is 0. The minimum atomic E-state index is -0.510. The van der Waals surface area contributed by atoms with Gasteiger partial charge in [-0.15, -0.1) is 0 Å². The Morgan fingerprint density at radius 3 is 2.83 bits per heavy atom. The monoisotopic (exact) mass is 327 g/mol. The number of nitrogens with zero attached hydrogens (tertiary/aromatic N) is 5. The van der Waals surface area contributed by atoms with Gasteiger partial charge in [0.25, 0.3) is 0 Å². The third-order valence-corrected chi connectivity index (χ3v) is 3.22. The molecule has 0 atom stereocenters. The first-order valence-electron chi connectivity index (χ1n) is 6.98. The van der Waals surface area contributed by atoms with Gasteiger partial charge < -0.3 is 4.42 Å². The Morgan fingerprint density at radius 1 is 1.33 bits per heavy atom. The highest BCUT2D eigenvalue weighted by molar-refractivity contribution is 6.06. The third kappa shape index (κ3) is 3.46. The summed E-state index contributed by atoms with van der Waals surface area (Å²) in [6.07, 6.45) is 8.58. The van der Waals surface area contributed by atoms with Crippen LogP contribution >= 0.6 is 0 Å². The number of hydrogen-bond acceptors (Lipinski definition) is 6. The van der Waals surface area contributed by atoms with Gasteiger partial charge in [0.05, 0.1) is 23.2 Å². The molecule has 3 aromatic rings. The second kappa shape index (κ2) is 6.32. The molecule has 3 rings (SSSR count). The van der Waals surface area contributed by atoms with Gasteiger partial charge in [-0.2, -0.15) is 10.2 Å². The maximum atomic E-state index is 11.9. The summed E-state index contributed by atoms with van der Waals surface area (Å²) in [5, 5.41) is 18.5. The molecule has 0 aliphatic carbocycles. The molecule has 0 unspecified atom stereocenters. The smallest absolute Gasteiger partial charge is 0.307 e. The van der Waals surface area contributed by atoms with E-state index < -0.39 is 4.92 Å². The average Bonchev–Trinajstić information content (AvgIpc) is 3.26. The lowest BCUT2D eigenvalue weighted by atomic mass is 10.2. The molecule has 9 heteroatoms. The Bertz CT molecular complexity index is 918. The van der Waals surface area contributed by atoms with Gasteiger partial charge >= 0.3 is 5.69 Å². The van der Waals surface area contributed by atoms with E-state index in [4.69, 9.17) is 4.42 Å². The van der Waals surface area contributed by atoms with E-state index in [0.29, 0.717) is 17.1 Å². The molecule has 122 valence electrons. The Balaban J connectivity index is 1.65. The van der Waals surface area contributed by atoms with Crippen LogP contribution in [0.2, 0.25) is 0 Å². The Hall–Kier alpha value is -3.49. The maximum Gasteiger partial charge on any atom is 0.307 e. The van der Waals surface area contributed by atoms with Gasteiger partial charge in [-0.3, -0.25) is 24.3 Å². The summed E-state index contributed by atoms with van der Waals surface area (Å²) in [7, 11) is 1.74. The van der Waals surface area contributed by atoms with Gasteiger partial charge in [0.15, 0.2) is 5.78 Å². The fraction of sp³-hybridized carbons (Fsp3) is 0.133. The van der Waals surface area contributed by atoms with Crippen molar-refractivity contribution >= 4 is 17.5 Å². The summed E-state index contributed by atoms with van der Waals surface area (Å²) in [5.74, 6) is 0.897. The van der Waals surface area contributed by atoms with Crippen LogP contribution in [-0.2, 0) is 13.6 Å². The highest BCUT2D eigenvalue weighted by Gasteiger charge is 2.10. The zero-order valence-corrected chi connectivity index (χ0v) is 12.7. The number of aryl methyl sites for hydroxylation is 1. The van der Waals surface area contributed by atoms with Crippen molar-refractivity contribution in [2.75, 3.05) is 0 Å². The molecule has 0 aromatic carbocycles. The minimum Gasteiger partial charge on any atom is -0.460 e. The SMILES string of the molecule is Cn1cc(C(=O)/C=C/c2ccc(Cn3cc([N+](=O)[O-])cn3)o2)cn1. The van der Waals surface area contributed by atoms with Crippen LogP contribution in [0.15, 0.2) is 47.4 Å². The predicted octanol–water partition coefficient (Wildman–Crippen LogP) is 2.06. The number of carbonyl (C=O) groups is 1. The van der Waals surface area contributed by atoms with Crippen molar-refractivity contribution < 1.29 is 14.1 Å². The lowest BCUT2D eigenvalue weighted by Gasteiger charge is -1.95. The van der Waals surface area contributed by atoms with E-state index in [1.54, 1.807) is 36.1 Å². The second-order valence-electron chi connectivity index (χ2n) is 5.06. The molecule has 0 saturated carbocycles. The van der Waals surface area contributed by atoms with Crippen molar-refractivity contribution in [3.63, 3.8) is 0 Å². The van der Waals surface area contributed by atoms with E-state index in [2.05, 4.69) is 10.2 Å². The van der Waals surface area contributed by atoms with Gasteiger partial charge in [-0.1, -0.05) is 0 Å².